The van der Waals surface area contributed by atoms with Crippen molar-refractivity contribution in [3.8, 4) is 5.75 Å². The van der Waals surface area contributed by atoms with Gasteiger partial charge >= 0.3 is 0 Å². The van der Waals surface area contributed by atoms with Crippen molar-refractivity contribution in [3.05, 3.63) is 59.9 Å². The number of piperidine rings is 1. The summed E-state index contributed by atoms with van der Waals surface area (Å²) in [5, 5.41) is 9.49. The lowest BCUT2D eigenvalue weighted by molar-refractivity contribution is 0.0841. The Hall–Kier alpha value is -1.91. The minimum atomic E-state index is 0.255. The molecular formula is C19H24N2O2. The molecule has 0 aliphatic carbocycles. The average Bonchev–Trinajstić information content (AvgIpc) is 2.62. The van der Waals surface area contributed by atoms with Gasteiger partial charge in [0.1, 0.15) is 12.4 Å². The molecule has 23 heavy (non-hydrogen) atoms. The number of aliphatic hydroxyl groups excluding tert-OH is 1. The van der Waals surface area contributed by atoms with Crippen molar-refractivity contribution >= 4 is 0 Å². The summed E-state index contributed by atoms with van der Waals surface area (Å²) in [6.45, 7) is 2.71. The van der Waals surface area contributed by atoms with Crippen LogP contribution in [0.25, 0.3) is 0 Å². The summed E-state index contributed by atoms with van der Waals surface area (Å²) in [5.74, 6) is 0.858. The first-order chi connectivity index (χ1) is 11.3. The maximum atomic E-state index is 9.49. The smallest absolute Gasteiger partial charge is 0.130 e. The van der Waals surface area contributed by atoms with Crippen molar-refractivity contribution in [3.63, 3.8) is 0 Å². The highest BCUT2D eigenvalue weighted by molar-refractivity contribution is 5.27. The Labute approximate surface area is 137 Å². The third kappa shape index (κ3) is 4.53. The zero-order valence-electron chi connectivity index (χ0n) is 13.4. The van der Waals surface area contributed by atoms with E-state index in [0.29, 0.717) is 12.6 Å². The summed E-state index contributed by atoms with van der Waals surface area (Å²) in [6, 6.07) is 14.4. The van der Waals surface area contributed by atoms with Crippen LogP contribution in [0.1, 0.15) is 30.5 Å². The zero-order chi connectivity index (χ0) is 15.9. The van der Waals surface area contributed by atoms with Gasteiger partial charge in [0.05, 0.1) is 12.3 Å². The van der Waals surface area contributed by atoms with Crippen LogP contribution in [0.15, 0.2) is 48.7 Å². The van der Waals surface area contributed by atoms with Gasteiger partial charge < -0.3 is 9.84 Å². The summed E-state index contributed by atoms with van der Waals surface area (Å²) < 4.78 is 5.76. The predicted octanol–water partition coefficient (Wildman–Crippen LogP) is 3.01. The van der Waals surface area contributed by atoms with Gasteiger partial charge in [-0.15, -0.1) is 0 Å². The SMILES string of the molecule is OCC1CCCCN1Cc1ccc(OCc2ccccn2)cc1. The minimum absolute atomic E-state index is 0.255. The van der Waals surface area contributed by atoms with Crippen LogP contribution in [0.3, 0.4) is 0 Å². The van der Waals surface area contributed by atoms with Gasteiger partial charge in [-0.2, -0.15) is 0 Å². The Morgan fingerprint density at radius 3 is 2.74 bits per heavy atom. The summed E-state index contributed by atoms with van der Waals surface area (Å²) in [4.78, 5) is 6.63. The van der Waals surface area contributed by atoms with Crippen molar-refractivity contribution in [2.45, 2.75) is 38.5 Å². The first-order valence-electron chi connectivity index (χ1n) is 8.32. The van der Waals surface area contributed by atoms with E-state index >= 15 is 0 Å². The van der Waals surface area contributed by atoms with Crippen molar-refractivity contribution < 1.29 is 9.84 Å². The van der Waals surface area contributed by atoms with Gasteiger partial charge in [0.25, 0.3) is 0 Å². The number of ether oxygens (including phenoxy) is 1. The largest absolute Gasteiger partial charge is 0.487 e. The Morgan fingerprint density at radius 1 is 1.13 bits per heavy atom. The number of rotatable bonds is 6. The molecule has 2 aromatic rings. The number of nitrogens with zero attached hydrogens (tertiary/aromatic N) is 2. The van der Waals surface area contributed by atoms with Crippen molar-refractivity contribution in [1.29, 1.82) is 0 Å². The number of aliphatic hydroxyl groups is 1. The van der Waals surface area contributed by atoms with Gasteiger partial charge in [-0.05, 0) is 49.2 Å². The van der Waals surface area contributed by atoms with Crippen molar-refractivity contribution in [2.75, 3.05) is 13.2 Å². The molecule has 4 heteroatoms. The van der Waals surface area contributed by atoms with E-state index in [1.54, 1.807) is 6.20 Å². The molecule has 2 heterocycles. The number of pyridine rings is 1. The second-order valence-corrected chi connectivity index (χ2v) is 6.06. The van der Waals surface area contributed by atoms with E-state index < -0.39 is 0 Å². The fourth-order valence-electron chi connectivity index (χ4n) is 3.04. The standard InChI is InChI=1S/C19H24N2O2/c22-14-18-6-2-4-12-21(18)13-16-7-9-19(10-8-16)23-15-17-5-1-3-11-20-17/h1,3,5,7-11,18,22H,2,4,6,12-15H2. The van der Waals surface area contributed by atoms with Crippen molar-refractivity contribution in [1.82, 2.24) is 9.88 Å². The number of hydrogen-bond acceptors (Lipinski definition) is 4. The molecule has 1 atom stereocenters. The molecule has 0 spiro atoms. The lowest BCUT2D eigenvalue weighted by atomic mass is 10.0. The summed E-state index contributed by atoms with van der Waals surface area (Å²) in [6.07, 6.45) is 5.32. The fraction of sp³-hybridized carbons (Fsp3) is 0.421. The number of aromatic nitrogens is 1. The third-order valence-corrected chi connectivity index (χ3v) is 4.38. The van der Waals surface area contributed by atoms with E-state index in [-0.39, 0.29) is 6.61 Å². The fourth-order valence-corrected chi connectivity index (χ4v) is 3.04. The quantitative estimate of drug-likeness (QED) is 0.890. The maximum Gasteiger partial charge on any atom is 0.130 e. The molecular weight excluding hydrogens is 288 g/mol. The first-order valence-corrected chi connectivity index (χ1v) is 8.32. The first kappa shape index (κ1) is 16.0. The molecule has 1 unspecified atom stereocenters. The Kier molecular flexibility index (Phi) is 5.61. The third-order valence-electron chi connectivity index (χ3n) is 4.38. The highest BCUT2D eigenvalue weighted by atomic mass is 16.5. The molecule has 1 aromatic carbocycles. The molecule has 0 radical (unpaired) electrons. The molecule has 4 nitrogen and oxygen atoms in total. The van der Waals surface area contributed by atoms with E-state index in [1.807, 2.05) is 30.3 Å². The molecule has 0 amide bonds. The lowest BCUT2D eigenvalue weighted by Gasteiger charge is -2.34. The highest BCUT2D eigenvalue weighted by Crippen LogP contribution is 2.21. The van der Waals surface area contributed by atoms with Crippen LogP contribution in [0.4, 0.5) is 0 Å². The molecule has 122 valence electrons. The van der Waals surface area contributed by atoms with Crippen LogP contribution >= 0.6 is 0 Å². The minimum Gasteiger partial charge on any atom is -0.487 e. The summed E-state index contributed by atoms with van der Waals surface area (Å²) in [7, 11) is 0. The molecule has 0 saturated carbocycles. The average molecular weight is 312 g/mol. The van der Waals surface area contributed by atoms with Gasteiger partial charge in [0, 0.05) is 18.8 Å². The molecule has 1 fully saturated rings. The van der Waals surface area contributed by atoms with Crippen LogP contribution in [0.5, 0.6) is 5.75 Å². The second-order valence-electron chi connectivity index (χ2n) is 6.06. The van der Waals surface area contributed by atoms with E-state index in [9.17, 15) is 5.11 Å². The Morgan fingerprint density at radius 2 is 2.00 bits per heavy atom. The zero-order valence-corrected chi connectivity index (χ0v) is 13.4. The monoisotopic (exact) mass is 312 g/mol. The van der Waals surface area contributed by atoms with Crippen LogP contribution in [-0.2, 0) is 13.2 Å². The number of benzene rings is 1. The van der Waals surface area contributed by atoms with Gasteiger partial charge in [-0.3, -0.25) is 9.88 Å². The molecule has 1 aliphatic rings. The molecule has 1 aromatic heterocycles. The van der Waals surface area contributed by atoms with Crippen molar-refractivity contribution in [2.24, 2.45) is 0 Å². The lowest BCUT2D eigenvalue weighted by Crippen LogP contribution is -2.41. The summed E-state index contributed by atoms with van der Waals surface area (Å²) >= 11 is 0. The second kappa shape index (κ2) is 8.09. The molecule has 1 N–H and O–H groups in total. The van der Waals surface area contributed by atoms with E-state index in [1.165, 1.54) is 18.4 Å². The van der Waals surface area contributed by atoms with Gasteiger partial charge in [0.2, 0.25) is 0 Å². The molecule has 3 rings (SSSR count). The Balaban J connectivity index is 1.54. The molecule has 1 saturated heterocycles. The maximum absolute atomic E-state index is 9.49. The molecule has 1 aliphatic heterocycles. The topological polar surface area (TPSA) is 45.6 Å². The number of hydrogen-bond donors (Lipinski definition) is 1. The Bertz CT molecular complexity index is 586. The number of likely N-dealkylation sites (tertiary alicyclic amines) is 1. The normalized spacial score (nSPS) is 18.7. The van der Waals surface area contributed by atoms with E-state index in [2.05, 4.69) is 22.0 Å². The van der Waals surface area contributed by atoms with Crippen LogP contribution in [0.2, 0.25) is 0 Å². The van der Waals surface area contributed by atoms with Gasteiger partial charge in [0.15, 0.2) is 0 Å². The van der Waals surface area contributed by atoms with Crippen LogP contribution < -0.4 is 4.74 Å². The van der Waals surface area contributed by atoms with E-state index in [4.69, 9.17) is 4.74 Å². The predicted molar refractivity (Wildman–Crippen MR) is 90.1 cm³/mol. The van der Waals surface area contributed by atoms with Gasteiger partial charge in [-0.25, -0.2) is 0 Å². The van der Waals surface area contributed by atoms with Crippen LogP contribution in [-0.4, -0.2) is 34.2 Å². The van der Waals surface area contributed by atoms with E-state index in [0.717, 1.165) is 31.0 Å². The van der Waals surface area contributed by atoms with Gasteiger partial charge in [-0.1, -0.05) is 24.6 Å². The van der Waals surface area contributed by atoms with Crippen LogP contribution in [0, 0.1) is 0 Å². The summed E-state index contributed by atoms with van der Waals surface area (Å²) in [5.41, 5.74) is 2.19. The highest BCUT2D eigenvalue weighted by Gasteiger charge is 2.21. The molecule has 0 bridgehead atoms.